The van der Waals surface area contributed by atoms with Gasteiger partial charge in [-0.15, -0.1) is 0 Å². The molecule has 0 saturated carbocycles. The zero-order valence-corrected chi connectivity index (χ0v) is 18.2. The first-order valence-electron chi connectivity index (χ1n) is 11.0. The van der Waals surface area contributed by atoms with Crippen molar-refractivity contribution >= 4 is 5.97 Å². The normalized spacial score (nSPS) is 14.3. The molecule has 150 valence electrons. The summed E-state index contributed by atoms with van der Waals surface area (Å²) in [5, 5.41) is 0. The molecule has 0 bridgehead atoms. The van der Waals surface area contributed by atoms with Gasteiger partial charge in [-0.1, -0.05) is 86.5 Å². The molecule has 0 heterocycles. The average Bonchev–Trinajstić information content (AvgIpc) is 2.48. The fourth-order valence-electron chi connectivity index (χ4n) is 3.67. The van der Waals surface area contributed by atoms with Crippen LogP contribution in [0.25, 0.3) is 0 Å². The summed E-state index contributed by atoms with van der Waals surface area (Å²) < 4.78 is 5.87. The molecule has 25 heavy (non-hydrogen) atoms. The van der Waals surface area contributed by atoms with E-state index in [1.54, 1.807) is 0 Å². The van der Waals surface area contributed by atoms with Crippen molar-refractivity contribution in [2.24, 2.45) is 11.3 Å². The number of esters is 1. The van der Waals surface area contributed by atoms with Crippen LogP contribution in [0.15, 0.2) is 0 Å². The molecule has 0 aliphatic rings. The molecule has 0 aliphatic heterocycles. The largest absolute Gasteiger partial charge is 0.462 e. The summed E-state index contributed by atoms with van der Waals surface area (Å²) >= 11 is 0. The van der Waals surface area contributed by atoms with Gasteiger partial charge >= 0.3 is 5.97 Å². The van der Waals surface area contributed by atoms with E-state index in [9.17, 15) is 4.79 Å². The molecule has 0 fully saturated rings. The SMILES string of the molecule is CCCCCCCCC(CCCCC)OC(=O)CC(C)CC(C)(C)C. The fourth-order valence-corrected chi connectivity index (χ4v) is 3.67. The van der Waals surface area contributed by atoms with Crippen LogP contribution in [0.3, 0.4) is 0 Å². The highest BCUT2D eigenvalue weighted by Gasteiger charge is 2.20. The van der Waals surface area contributed by atoms with E-state index >= 15 is 0 Å². The zero-order valence-electron chi connectivity index (χ0n) is 18.2. The molecule has 2 unspecified atom stereocenters. The summed E-state index contributed by atoms with van der Waals surface area (Å²) in [5.41, 5.74) is 0.277. The van der Waals surface area contributed by atoms with Crippen LogP contribution in [-0.2, 0) is 9.53 Å². The van der Waals surface area contributed by atoms with Gasteiger partial charge in [0, 0.05) is 6.42 Å². The van der Waals surface area contributed by atoms with Gasteiger partial charge in [0.25, 0.3) is 0 Å². The van der Waals surface area contributed by atoms with Gasteiger partial charge in [-0.05, 0) is 43.4 Å². The summed E-state index contributed by atoms with van der Waals surface area (Å²) in [4.78, 5) is 12.3. The first kappa shape index (κ1) is 24.5. The van der Waals surface area contributed by atoms with Gasteiger partial charge in [-0.3, -0.25) is 4.79 Å². The molecule has 0 rings (SSSR count). The monoisotopic (exact) mass is 354 g/mol. The number of carbonyl (C=O) groups excluding carboxylic acids is 1. The van der Waals surface area contributed by atoms with Crippen molar-refractivity contribution in [2.45, 2.75) is 131 Å². The molecule has 0 N–H and O–H groups in total. The van der Waals surface area contributed by atoms with Crippen LogP contribution in [0.4, 0.5) is 0 Å². The maximum Gasteiger partial charge on any atom is 0.306 e. The molecule has 0 aromatic heterocycles. The molecule has 0 aromatic rings. The van der Waals surface area contributed by atoms with E-state index in [-0.39, 0.29) is 17.5 Å². The van der Waals surface area contributed by atoms with Gasteiger partial charge in [0.05, 0.1) is 0 Å². The lowest BCUT2D eigenvalue weighted by Crippen LogP contribution is -2.21. The molecule has 0 aliphatic carbocycles. The van der Waals surface area contributed by atoms with Crippen molar-refractivity contribution < 1.29 is 9.53 Å². The second-order valence-corrected chi connectivity index (χ2v) is 9.24. The Morgan fingerprint density at radius 2 is 1.32 bits per heavy atom. The van der Waals surface area contributed by atoms with Crippen LogP contribution >= 0.6 is 0 Å². The first-order chi connectivity index (χ1) is 11.8. The summed E-state index contributed by atoms with van der Waals surface area (Å²) in [6.07, 6.45) is 15.3. The Hall–Kier alpha value is -0.530. The third kappa shape index (κ3) is 16.7. The van der Waals surface area contributed by atoms with E-state index in [0.717, 1.165) is 19.3 Å². The lowest BCUT2D eigenvalue weighted by molar-refractivity contribution is -0.151. The van der Waals surface area contributed by atoms with Crippen LogP contribution in [0.1, 0.15) is 125 Å². The van der Waals surface area contributed by atoms with Gasteiger partial charge < -0.3 is 4.74 Å². The van der Waals surface area contributed by atoms with E-state index in [1.165, 1.54) is 57.8 Å². The molecule has 0 saturated heterocycles. The van der Waals surface area contributed by atoms with Gasteiger partial charge in [-0.2, -0.15) is 0 Å². The zero-order chi connectivity index (χ0) is 19.1. The highest BCUT2D eigenvalue weighted by Crippen LogP contribution is 2.26. The predicted molar refractivity (Wildman–Crippen MR) is 110 cm³/mol. The van der Waals surface area contributed by atoms with E-state index < -0.39 is 0 Å². The van der Waals surface area contributed by atoms with E-state index in [2.05, 4.69) is 41.5 Å². The van der Waals surface area contributed by atoms with Gasteiger partial charge in [0.2, 0.25) is 0 Å². The fraction of sp³-hybridized carbons (Fsp3) is 0.957. The second kappa shape index (κ2) is 14.6. The Kier molecular flexibility index (Phi) is 14.3. The minimum Gasteiger partial charge on any atom is -0.462 e. The molecule has 2 heteroatoms. The molecule has 2 atom stereocenters. The first-order valence-corrected chi connectivity index (χ1v) is 11.0. The number of ether oxygens (including phenoxy) is 1. The molecular formula is C23H46O2. The van der Waals surface area contributed by atoms with Crippen LogP contribution in [0.5, 0.6) is 0 Å². The summed E-state index contributed by atoms with van der Waals surface area (Å²) in [6.45, 7) is 13.4. The van der Waals surface area contributed by atoms with E-state index in [4.69, 9.17) is 4.74 Å². The molecule has 0 amide bonds. The van der Waals surface area contributed by atoms with Crippen molar-refractivity contribution in [3.63, 3.8) is 0 Å². The van der Waals surface area contributed by atoms with Gasteiger partial charge in [0.15, 0.2) is 0 Å². The van der Waals surface area contributed by atoms with Gasteiger partial charge in [0.1, 0.15) is 6.10 Å². The van der Waals surface area contributed by atoms with Crippen molar-refractivity contribution in [2.75, 3.05) is 0 Å². The third-order valence-electron chi connectivity index (χ3n) is 4.78. The molecule has 0 aromatic carbocycles. The summed E-state index contributed by atoms with van der Waals surface area (Å²) in [5.74, 6) is 0.419. The molecule has 2 nitrogen and oxygen atoms in total. The predicted octanol–water partition coefficient (Wildman–Crippen LogP) is 7.69. The minimum absolute atomic E-state index is 0.0178. The summed E-state index contributed by atoms with van der Waals surface area (Å²) in [6, 6.07) is 0. The lowest BCUT2D eigenvalue weighted by Gasteiger charge is -2.24. The Morgan fingerprint density at radius 3 is 1.88 bits per heavy atom. The lowest BCUT2D eigenvalue weighted by atomic mass is 9.84. The third-order valence-corrected chi connectivity index (χ3v) is 4.78. The highest BCUT2D eigenvalue weighted by molar-refractivity contribution is 5.69. The van der Waals surface area contributed by atoms with Crippen LogP contribution < -0.4 is 0 Å². The maximum absolute atomic E-state index is 12.3. The molecule has 0 radical (unpaired) electrons. The van der Waals surface area contributed by atoms with Crippen LogP contribution in [-0.4, -0.2) is 12.1 Å². The molecular weight excluding hydrogens is 308 g/mol. The number of hydrogen-bond donors (Lipinski definition) is 0. The smallest absolute Gasteiger partial charge is 0.306 e. The maximum atomic E-state index is 12.3. The number of hydrogen-bond acceptors (Lipinski definition) is 2. The standard InChI is InChI=1S/C23H46O2/c1-7-9-11-12-13-15-17-21(16-14-10-8-2)25-22(24)18-20(3)19-23(4,5)6/h20-21H,7-19H2,1-6H3. The van der Waals surface area contributed by atoms with Crippen LogP contribution in [0, 0.1) is 11.3 Å². The Morgan fingerprint density at radius 1 is 0.840 bits per heavy atom. The topological polar surface area (TPSA) is 26.3 Å². The van der Waals surface area contributed by atoms with E-state index in [1.807, 2.05) is 0 Å². The van der Waals surface area contributed by atoms with Crippen molar-refractivity contribution in [3.8, 4) is 0 Å². The summed E-state index contributed by atoms with van der Waals surface area (Å²) in [7, 11) is 0. The Labute approximate surface area is 158 Å². The second-order valence-electron chi connectivity index (χ2n) is 9.24. The van der Waals surface area contributed by atoms with Crippen LogP contribution in [0.2, 0.25) is 0 Å². The Bertz CT molecular complexity index is 317. The van der Waals surface area contributed by atoms with Crippen molar-refractivity contribution in [3.05, 3.63) is 0 Å². The Balaban J connectivity index is 4.19. The van der Waals surface area contributed by atoms with E-state index in [0.29, 0.717) is 12.3 Å². The minimum atomic E-state index is 0.0178. The number of rotatable bonds is 15. The highest BCUT2D eigenvalue weighted by atomic mass is 16.5. The van der Waals surface area contributed by atoms with Crippen molar-refractivity contribution in [1.29, 1.82) is 0 Å². The number of carbonyl (C=O) groups is 1. The average molecular weight is 355 g/mol. The quantitative estimate of drug-likeness (QED) is 0.222. The van der Waals surface area contributed by atoms with Crippen molar-refractivity contribution in [1.82, 2.24) is 0 Å². The van der Waals surface area contributed by atoms with Gasteiger partial charge in [-0.25, -0.2) is 0 Å². The molecule has 0 spiro atoms. The number of unbranched alkanes of at least 4 members (excludes halogenated alkanes) is 7.